The lowest BCUT2D eigenvalue weighted by Gasteiger charge is -2.20. The number of nitrogens with one attached hydrogen (secondary N) is 2. The number of benzene rings is 1. The van der Waals surface area contributed by atoms with Crippen molar-refractivity contribution in [2.75, 3.05) is 6.61 Å². The summed E-state index contributed by atoms with van der Waals surface area (Å²) in [5.41, 5.74) is -0.240. The molecule has 1 amide bonds. The van der Waals surface area contributed by atoms with Crippen molar-refractivity contribution >= 4 is 15.9 Å². The molecule has 0 radical (unpaired) electrons. The first kappa shape index (κ1) is 17.6. The van der Waals surface area contributed by atoms with Gasteiger partial charge in [-0.05, 0) is 52.0 Å². The fraction of sp³-hybridized carbons (Fsp3) is 0.500. The minimum Gasteiger partial charge on any atom is -0.394 e. The molecule has 0 fully saturated rings. The van der Waals surface area contributed by atoms with Crippen LogP contribution in [0.25, 0.3) is 0 Å². The predicted molar refractivity (Wildman–Crippen MR) is 80.5 cm³/mol. The van der Waals surface area contributed by atoms with Gasteiger partial charge in [-0.15, -0.1) is 0 Å². The maximum absolute atomic E-state index is 12.1. The van der Waals surface area contributed by atoms with E-state index in [0.717, 1.165) is 0 Å². The van der Waals surface area contributed by atoms with Gasteiger partial charge in [0.05, 0.1) is 11.5 Å². The van der Waals surface area contributed by atoms with Gasteiger partial charge in [-0.3, -0.25) is 4.79 Å². The molecule has 1 rings (SSSR count). The number of aliphatic hydroxyl groups is 1. The highest BCUT2D eigenvalue weighted by Crippen LogP contribution is 2.14. The highest BCUT2D eigenvalue weighted by molar-refractivity contribution is 7.89. The van der Waals surface area contributed by atoms with E-state index < -0.39 is 15.6 Å². The van der Waals surface area contributed by atoms with Crippen molar-refractivity contribution in [1.82, 2.24) is 10.0 Å². The van der Waals surface area contributed by atoms with Gasteiger partial charge in [0.25, 0.3) is 5.91 Å². The van der Waals surface area contributed by atoms with Gasteiger partial charge >= 0.3 is 0 Å². The molecule has 0 aromatic heterocycles. The standard InChI is InChI=1S/C14H22N2O4S/c1-10(9-17)15-13(18)11-5-7-12(8-6-11)21(19,20)16-14(2,3)4/h5-8,10,16-17H,9H2,1-4H3,(H,15,18)/t10-/m0/s1. The number of hydrogen-bond acceptors (Lipinski definition) is 4. The fourth-order valence-corrected chi connectivity index (χ4v) is 3.02. The Kier molecular flexibility index (Phi) is 5.49. The van der Waals surface area contributed by atoms with E-state index in [2.05, 4.69) is 10.0 Å². The first-order chi connectivity index (χ1) is 9.55. The topological polar surface area (TPSA) is 95.5 Å². The van der Waals surface area contributed by atoms with Gasteiger partial charge in [0.2, 0.25) is 10.0 Å². The second-order valence-electron chi connectivity index (χ2n) is 5.94. The summed E-state index contributed by atoms with van der Waals surface area (Å²) in [5, 5.41) is 11.5. The highest BCUT2D eigenvalue weighted by Gasteiger charge is 2.22. The second kappa shape index (κ2) is 6.55. The molecule has 6 nitrogen and oxygen atoms in total. The van der Waals surface area contributed by atoms with Gasteiger partial charge in [0, 0.05) is 17.1 Å². The Morgan fingerprint density at radius 2 is 1.76 bits per heavy atom. The average molecular weight is 314 g/mol. The smallest absolute Gasteiger partial charge is 0.251 e. The van der Waals surface area contributed by atoms with Crippen molar-refractivity contribution in [3.63, 3.8) is 0 Å². The van der Waals surface area contributed by atoms with Crippen LogP contribution in [-0.2, 0) is 10.0 Å². The van der Waals surface area contributed by atoms with Crippen LogP contribution >= 0.6 is 0 Å². The Balaban J connectivity index is 2.90. The Morgan fingerprint density at radius 1 is 1.24 bits per heavy atom. The molecule has 21 heavy (non-hydrogen) atoms. The molecular weight excluding hydrogens is 292 g/mol. The van der Waals surface area contributed by atoms with Crippen LogP contribution in [0.4, 0.5) is 0 Å². The largest absolute Gasteiger partial charge is 0.394 e. The van der Waals surface area contributed by atoms with Crippen molar-refractivity contribution in [2.24, 2.45) is 0 Å². The number of amides is 1. The fourth-order valence-electron chi connectivity index (χ4n) is 1.60. The van der Waals surface area contributed by atoms with Crippen LogP contribution in [0, 0.1) is 0 Å². The zero-order valence-electron chi connectivity index (χ0n) is 12.7. The van der Waals surface area contributed by atoms with Crippen LogP contribution in [0.1, 0.15) is 38.1 Å². The molecule has 7 heteroatoms. The van der Waals surface area contributed by atoms with Crippen molar-refractivity contribution in [3.8, 4) is 0 Å². The summed E-state index contributed by atoms with van der Waals surface area (Å²) >= 11 is 0. The zero-order valence-corrected chi connectivity index (χ0v) is 13.5. The highest BCUT2D eigenvalue weighted by atomic mass is 32.2. The van der Waals surface area contributed by atoms with Crippen LogP contribution < -0.4 is 10.0 Å². The summed E-state index contributed by atoms with van der Waals surface area (Å²) in [4.78, 5) is 11.9. The molecule has 118 valence electrons. The van der Waals surface area contributed by atoms with E-state index in [-0.39, 0.29) is 23.5 Å². The SMILES string of the molecule is C[C@@H](CO)NC(=O)c1ccc(S(=O)(=O)NC(C)(C)C)cc1. The Morgan fingerprint density at radius 3 is 2.19 bits per heavy atom. The summed E-state index contributed by atoms with van der Waals surface area (Å²) < 4.78 is 26.8. The zero-order chi connectivity index (χ0) is 16.3. The first-order valence-electron chi connectivity index (χ1n) is 6.61. The lowest BCUT2D eigenvalue weighted by Crippen LogP contribution is -2.40. The molecule has 0 saturated carbocycles. The summed E-state index contributed by atoms with van der Waals surface area (Å²) in [6, 6.07) is 5.29. The molecule has 3 N–H and O–H groups in total. The number of aliphatic hydroxyl groups excluding tert-OH is 1. The van der Waals surface area contributed by atoms with E-state index in [9.17, 15) is 13.2 Å². The maximum Gasteiger partial charge on any atom is 0.251 e. The quantitative estimate of drug-likeness (QED) is 0.751. The van der Waals surface area contributed by atoms with Gasteiger partial charge in [-0.25, -0.2) is 13.1 Å². The monoisotopic (exact) mass is 314 g/mol. The lowest BCUT2D eigenvalue weighted by atomic mass is 10.1. The molecule has 0 aliphatic rings. The van der Waals surface area contributed by atoms with Crippen molar-refractivity contribution in [1.29, 1.82) is 0 Å². The molecule has 0 aliphatic carbocycles. The number of hydrogen-bond donors (Lipinski definition) is 3. The molecule has 0 unspecified atom stereocenters. The Labute approximate surface area is 125 Å². The van der Waals surface area contributed by atoms with Crippen LogP contribution in [0.3, 0.4) is 0 Å². The van der Waals surface area contributed by atoms with E-state index in [1.807, 2.05) is 0 Å². The molecule has 0 bridgehead atoms. The normalized spacial score (nSPS) is 13.8. The molecule has 0 spiro atoms. The predicted octanol–water partition coefficient (Wildman–Crippen LogP) is 0.874. The molecule has 0 saturated heterocycles. The van der Waals surface area contributed by atoms with Gasteiger partial charge < -0.3 is 10.4 Å². The number of carbonyl (C=O) groups excluding carboxylic acids is 1. The minimum absolute atomic E-state index is 0.101. The summed E-state index contributed by atoms with van der Waals surface area (Å²) in [6.07, 6.45) is 0. The van der Waals surface area contributed by atoms with Crippen LogP contribution in [-0.4, -0.2) is 37.6 Å². The third-order valence-electron chi connectivity index (χ3n) is 2.52. The molecular formula is C14H22N2O4S. The molecule has 1 atom stereocenters. The van der Waals surface area contributed by atoms with Gasteiger partial charge in [-0.1, -0.05) is 0 Å². The summed E-state index contributed by atoms with van der Waals surface area (Å²) in [5.74, 6) is -0.357. The van der Waals surface area contributed by atoms with Crippen LogP contribution in [0.5, 0.6) is 0 Å². The van der Waals surface area contributed by atoms with Crippen LogP contribution in [0.15, 0.2) is 29.2 Å². The molecule has 1 aromatic carbocycles. The van der Waals surface area contributed by atoms with Gasteiger partial charge in [0.1, 0.15) is 0 Å². The Bertz CT molecular complexity index is 588. The first-order valence-corrected chi connectivity index (χ1v) is 8.09. The van der Waals surface area contributed by atoms with E-state index in [0.29, 0.717) is 5.56 Å². The van der Waals surface area contributed by atoms with E-state index in [1.165, 1.54) is 24.3 Å². The van der Waals surface area contributed by atoms with Gasteiger partial charge in [-0.2, -0.15) is 0 Å². The van der Waals surface area contributed by atoms with Crippen molar-refractivity contribution in [2.45, 2.75) is 44.2 Å². The van der Waals surface area contributed by atoms with Crippen molar-refractivity contribution in [3.05, 3.63) is 29.8 Å². The third kappa shape index (κ3) is 5.45. The van der Waals surface area contributed by atoms with E-state index in [4.69, 9.17) is 5.11 Å². The molecule has 0 heterocycles. The van der Waals surface area contributed by atoms with E-state index >= 15 is 0 Å². The number of sulfonamides is 1. The number of carbonyl (C=O) groups is 1. The van der Waals surface area contributed by atoms with Gasteiger partial charge in [0.15, 0.2) is 0 Å². The van der Waals surface area contributed by atoms with Crippen molar-refractivity contribution < 1.29 is 18.3 Å². The minimum atomic E-state index is -3.61. The summed E-state index contributed by atoms with van der Waals surface area (Å²) in [7, 11) is -3.61. The maximum atomic E-state index is 12.1. The number of rotatable bonds is 5. The average Bonchev–Trinajstić information content (AvgIpc) is 2.36. The third-order valence-corrected chi connectivity index (χ3v) is 4.29. The molecule has 0 aliphatic heterocycles. The summed E-state index contributed by atoms with van der Waals surface area (Å²) in [6.45, 7) is 6.77. The second-order valence-corrected chi connectivity index (χ2v) is 7.62. The van der Waals surface area contributed by atoms with Crippen LogP contribution in [0.2, 0.25) is 0 Å². The Hall–Kier alpha value is -1.44. The van der Waals surface area contributed by atoms with E-state index in [1.54, 1.807) is 27.7 Å². The lowest BCUT2D eigenvalue weighted by molar-refractivity contribution is 0.0922. The molecule has 1 aromatic rings.